The van der Waals surface area contributed by atoms with Crippen LogP contribution < -0.4 is 11.0 Å². The minimum atomic E-state index is -0.542. The third-order valence-electron chi connectivity index (χ3n) is 3.64. The minimum Gasteiger partial charge on any atom is -0.345 e. The van der Waals surface area contributed by atoms with Gasteiger partial charge in [-0.3, -0.25) is 9.20 Å². The van der Waals surface area contributed by atoms with Gasteiger partial charge in [0.25, 0.3) is 0 Å². The molecule has 0 aromatic carbocycles. The summed E-state index contributed by atoms with van der Waals surface area (Å²) in [5, 5.41) is 10.0. The van der Waals surface area contributed by atoms with Crippen molar-refractivity contribution < 1.29 is 4.79 Å². The highest BCUT2D eigenvalue weighted by Gasteiger charge is 2.26. The second-order valence-electron chi connectivity index (χ2n) is 6.15. The van der Waals surface area contributed by atoms with Gasteiger partial charge in [-0.05, 0) is 32.9 Å². The lowest BCUT2D eigenvalue weighted by molar-refractivity contribution is -0.123. The Kier molecular flexibility index (Phi) is 4.23. The summed E-state index contributed by atoms with van der Waals surface area (Å²) in [4.78, 5) is 28.9. The Morgan fingerprint density at radius 3 is 2.83 bits per heavy atom. The topological polar surface area (TPSA) is 81.3 Å². The molecule has 3 aromatic heterocycles. The van der Waals surface area contributed by atoms with Crippen molar-refractivity contribution in [2.24, 2.45) is 0 Å². The van der Waals surface area contributed by atoms with Gasteiger partial charge in [-0.2, -0.15) is 0 Å². The summed E-state index contributed by atoms with van der Waals surface area (Å²) < 4.78 is 2.77. The molecule has 0 bridgehead atoms. The number of hydrogen-bond donors (Lipinski definition) is 1. The number of fused-ring (bicyclic) bond motifs is 1. The van der Waals surface area contributed by atoms with Crippen molar-refractivity contribution in [3.05, 3.63) is 51.0 Å². The lowest BCUT2D eigenvalue weighted by Gasteiger charge is -2.23. The fraction of sp³-hybridized carbons (Fsp3) is 0.375. The van der Waals surface area contributed by atoms with Crippen molar-refractivity contribution in [2.75, 3.05) is 0 Å². The van der Waals surface area contributed by atoms with Crippen LogP contribution in [0.2, 0.25) is 0 Å². The molecule has 126 valence electrons. The summed E-state index contributed by atoms with van der Waals surface area (Å²) in [5.74, 6) is -0.142. The highest BCUT2D eigenvalue weighted by atomic mass is 32.1. The van der Waals surface area contributed by atoms with Crippen LogP contribution in [0, 0.1) is 6.92 Å². The van der Waals surface area contributed by atoms with E-state index < -0.39 is 5.54 Å². The summed E-state index contributed by atoms with van der Waals surface area (Å²) >= 11 is 1.52. The molecule has 3 heterocycles. The monoisotopic (exact) mass is 345 g/mol. The van der Waals surface area contributed by atoms with E-state index >= 15 is 0 Å². The predicted molar refractivity (Wildman–Crippen MR) is 92.1 cm³/mol. The van der Waals surface area contributed by atoms with Crippen molar-refractivity contribution in [1.29, 1.82) is 0 Å². The zero-order valence-corrected chi connectivity index (χ0v) is 14.6. The van der Waals surface area contributed by atoms with E-state index in [0.717, 1.165) is 10.7 Å². The fourth-order valence-electron chi connectivity index (χ4n) is 2.43. The van der Waals surface area contributed by atoms with Gasteiger partial charge in [-0.1, -0.05) is 6.07 Å². The lowest BCUT2D eigenvalue weighted by atomic mass is 10.1. The smallest absolute Gasteiger partial charge is 0.345 e. The summed E-state index contributed by atoms with van der Waals surface area (Å²) in [7, 11) is 0. The molecule has 3 rings (SSSR count). The highest BCUT2D eigenvalue weighted by molar-refractivity contribution is 7.09. The Morgan fingerprint density at radius 2 is 2.17 bits per heavy atom. The zero-order chi connectivity index (χ0) is 17.3. The minimum absolute atomic E-state index is 0.142. The molecule has 1 amide bonds. The summed E-state index contributed by atoms with van der Waals surface area (Å²) in [6, 6.07) is 5.34. The molecule has 7 nitrogen and oxygen atoms in total. The average Bonchev–Trinajstić information content (AvgIpc) is 3.10. The lowest BCUT2D eigenvalue weighted by Crippen LogP contribution is -2.41. The van der Waals surface area contributed by atoms with Gasteiger partial charge in [0.15, 0.2) is 5.65 Å². The third kappa shape index (κ3) is 3.23. The number of rotatable bonds is 5. The normalized spacial score (nSPS) is 11.8. The van der Waals surface area contributed by atoms with Crippen LogP contribution in [0.4, 0.5) is 0 Å². The molecule has 0 spiro atoms. The van der Waals surface area contributed by atoms with Crippen molar-refractivity contribution >= 4 is 22.9 Å². The van der Waals surface area contributed by atoms with E-state index in [1.807, 2.05) is 32.2 Å². The molecule has 0 aliphatic carbocycles. The SMILES string of the molecule is Cc1csc(C(C)(C)NC(=O)CCn2nc3ccccn3c2=O)n1. The Hall–Kier alpha value is -2.48. The Balaban J connectivity index is 1.66. The first-order valence-corrected chi connectivity index (χ1v) is 8.52. The summed E-state index contributed by atoms with van der Waals surface area (Å²) in [5.41, 5.74) is 0.725. The second-order valence-corrected chi connectivity index (χ2v) is 7.01. The molecule has 0 saturated heterocycles. The molecule has 24 heavy (non-hydrogen) atoms. The van der Waals surface area contributed by atoms with Gasteiger partial charge in [0.1, 0.15) is 5.01 Å². The van der Waals surface area contributed by atoms with Crippen LogP contribution in [0.25, 0.3) is 5.65 Å². The van der Waals surface area contributed by atoms with E-state index in [4.69, 9.17) is 0 Å². The molecule has 8 heteroatoms. The molecular formula is C16H19N5O2S. The molecule has 3 aromatic rings. The number of hydrogen-bond acceptors (Lipinski definition) is 5. The number of aromatic nitrogens is 4. The van der Waals surface area contributed by atoms with Crippen molar-refractivity contribution in [1.82, 2.24) is 24.5 Å². The second kappa shape index (κ2) is 6.20. The van der Waals surface area contributed by atoms with Crippen LogP contribution in [0.5, 0.6) is 0 Å². The van der Waals surface area contributed by atoms with Gasteiger partial charge in [-0.25, -0.2) is 14.5 Å². The molecule has 0 aliphatic rings. The molecule has 0 aliphatic heterocycles. The number of carbonyl (C=O) groups excluding carboxylic acids is 1. The first-order chi connectivity index (χ1) is 11.4. The molecule has 1 N–H and O–H groups in total. The van der Waals surface area contributed by atoms with E-state index in [-0.39, 0.29) is 24.6 Å². The number of nitrogens with one attached hydrogen (secondary N) is 1. The standard InChI is InChI=1S/C16H19N5O2S/c1-11-10-24-14(17-11)16(2,3)18-13(22)7-9-21-15(23)20-8-5-4-6-12(20)19-21/h4-6,8,10H,7,9H2,1-3H3,(H,18,22). The van der Waals surface area contributed by atoms with Crippen molar-refractivity contribution in [2.45, 2.75) is 39.3 Å². The molecule has 0 saturated carbocycles. The number of pyridine rings is 1. The van der Waals surface area contributed by atoms with E-state index in [1.165, 1.54) is 20.4 Å². The van der Waals surface area contributed by atoms with Gasteiger partial charge in [-0.15, -0.1) is 16.4 Å². The maximum absolute atomic E-state index is 12.3. The number of nitrogens with zero attached hydrogens (tertiary/aromatic N) is 4. The Bertz CT molecular complexity index is 937. The van der Waals surface area contributed by atoms with Crippen LogP contribution in [-0.2, 0) is 16.9 Å². The number of amides is 1. The van der Waals surface area contributed by atoms with E-state index in [9.17, 15) is 9.59 Å². The van der Waals surface area contributed by atoms with Crippen LogP contribution in [0.15, 0.2) is 34.6 Å². The summed E-state index contributed by atoms with van der Waals surface area (Å²) in [6.07, 6.45) is 1.84. The number of thiazole rings is 1. The van der Waals surface area contributed by atoms with E-state index in [2.05, 4.69) is 15.4 Å². The largest absolute Gasteiger partial charge is 0.350 e. The molecule has 0 atom stereocenters. The Morgan fingerprint density at radius 1 is 1.38 bits per heavy atom. The van der Waals surface area contributed by atoms with Crippen LogP contribution in [0.1, 0.15) is 31.0 Å². The number of carbonyl (C=O) groups is 1. The average molecular weight is 345 g/mol. The Labute approximate surface area is 143 Å². The molecular weight excluding hydrogens is 326 g/mol. The van der Waals surface area contributed by atoms with E-state index in [0.29, 0.717) is 5.65 Å². The van der Waals surface area contributed by atoms with E-state index in [1.54, 1.807) is 18.3 Å². The highest BCUT2D eigenvalue weighted by Crippen LogP contribution is 2.23. The molecule has 0 fully saturated rings. The van der Waals surface area contributed by atoms with Crippen LogP contribution >= 0.6 is 11.3 Å². The van der Waals surface area contributed by atoms with Gasteiger partial charge in [0.05, 0.1) is 12.1 Å². The van der Waals surface area contributed by atoms with Crippen molar-refractivity contribution in [3.63, 3.8) is 0 Å². The van der Waals surface area contributed by atoms with Crippen LogP contribution in [-0.4, -0.2) is 25.1 Å². The number of aryl methyl sites for hydroxylation is 2. The maximum Gasteiger partial charge on any atom is 0.350 e. The van der Waals surface area contributed by atoms with Gasteiger partial charge in [0, 0.05) is 23.7 Å². The predicted octanol–water partition coefficient (Wildman–Crippen LogP) is 1.70. The van der Waals surface area contributed by atoms with Crippen LogP contribution in [0.3, 0.4) is 0 Å². The zero-order valence-electron chi connectivity index (χ0n) is 13.8. The van der Waals surface area contributed by atoms with Gasteiger partial charge in [0.2, 0.25) is 5.91 Å². The first-order valence-electron chi connectivity index (χ1n) is 7.65. The molecule has 0 unspecified atom stereocenters. The third-order valence-corrected chi connectivity index (χ3v) is 4.93. The summed E-state index contributed by atoms with van der Waals surface area (Å²) in [6.45, 7) is 5.99. The first kappa shape index (κ1) is 16.4. The van der Waals surface area contributed by atoms with Crippen molar-refractivity contribution in [3.8, 4) is 0 Å². The fourth-order valence-corrected chi connectivity index (χ4v) is 3.30. The maximum atomic E-state index is 12.3. The molecule has 0 radical (unpaired) electrons. The van der Waals surface area contributed by atoms with Gasteiger partial charge < -0.3 is 5.32 Å². The van der Waals surface area contributed by atoms with Gasteiger partial charge >= 0.3 is 5.69 Å². The quantitative estimate of drug-likeness (QED) is 0.763.